The van der Waals surface area contributed by atoms with Gasteiger partial charge in [-0.3, -0.25) is 4.79 Å². The Morgan fingerprint density at radius 1 is 1.23 bits per heavy atom. The van der Waals surface area contributed by atoms with Crippen LogP contribution in [0.5, 0.6) is 5.75 Å². The molecule has 0 radical (unpaired) electrons. The van der Waals surface area contributed by atoms with E-state index in [9.17, 15) is 4.79 Å². The average Bonchev–Trinajstić information content (AvgIpc) is 3.27. The number of carbonyl (C=O) groups excluding carboxylic acids is 1. The molecular formula is C20H19N3O3. The quantitative estimate of drug-likeness (QED) is 0.764. The second-order valence-corrected chi connectivity index (χ2v) is 6.31. The number of carbonyl (C=O) groups is 1. The highest BCUT2D eigenvalue weighted by Crippen LogP contribution is 2.30. The Morgan fingerprint density at radius 3 is 2.81 bits per heavy atom. The van der Waals surface area contributed by atoms with Crippen LogP contribution in [0.1, 0.15) is 45.7 Å². The van der Waals surface area contributed by atoms with Gasteiger partial charge in [-0.2, -0.15) is 4.98 Å². The first-order chi connectivity index (χ1) is 12.7. The number of hydrogen-bond donors (Lipinski definition) is 1. The van der Waals surface area contributed by atoms with Crippen LogP contribution in [-0.4, -0.2) is 16.0 Å². The first-order valence-corrected chi connectivity index (χ1v) is 8.60. The zero-order valence-corrected chi connectivity index (χ0v) is 14.4. The lowest BCUT2D eigenvalue weighted by Crippen LogP contribution is -2.27. The summed E-state index contributed by atoms with van der Waals surface area (Å²) in [5, 5.41) is 6.90. The van der Waals surface area contributed by atoms with E-state index in [1.807, 2.05) is 12.1 Å². The van der Waals surface area contributed by atoms with Gasteiger partial charge in [0.2, 0.25) is 11.7 Å². The first kappa shape index (κ1) is 16.3. The number of fused-ring (bicyclic) bond motifs is 1. The molecule has 4 rings (SSSR count). The molecule has 0 spiro atoms. The number of benzene rings is 2. The maximum Gasteiger partial charge on any atom is 0.251 e. The molecule has 1 aliphatic rings. The summed E-state index contributed by atoms with van der Waals surface area (Å²) < 4.78 is 10.5. The zero-order chi connectivity index (χ0) is 17.9. The molecule has 1 N–H and O–H groups in total. The van der Waals surface area contributed by atoms with Gasteiger partial charge in [0.1, 0.15) is 5.75 Å². The largest absolute Gasteiger partial charge is 0.485 e. The van der Waals surface area contributed by atoms with E-state index >= 15 is 0 Å². The van der Waals surface area contributed by atoms with Crippen LogP contribution in [0.25, 0.3) is 0 Å². The summed E-state index contributed by atoms with van der Waals surface area (Å²) in [6.07, 6.45) is 1.94. The van der Waals surface area contributed by atoms with Crippen molar-refractivity contribution in [2.24, 2.45) is 0 Å². The van der Waals surface area contributed by atoms with Crippen molar-refractivity contribution in [2.75, 3.05) is 0 Å². The molecule has 3 aromatic rings. The molecule has 0 saturated carbocycles. The van der Waals surface area contributed by atoms with Crippen molar-refractivity contribution in [1.82, 2.24) is 15.5 Å². The third-order valence-electron chi connectivity index (χ3n) is 4.49. The summed E-state index contributed by atoms with van der Waals surface area (Å²) in [6.45, 7) is 1.95. The molecule has 1 heterocycles. The molecule has 1 atom stereocenters. The Balaban J connectivity index is 1.37. The molecule has 6 heteroatoms. The molecule has 2 aromatic carbocycles. The van der Waals surface area contributed by atoms with Crippen LogP contribution in [0.15, 0.2) is 53.1 Å². The van der Waals surface area contributed by atoms with Crippen LogP contribution in [0, 0.1) is 6.92 Å². The lowest BCUT2D eigenvalue weighted by Gasteiger charge is -2.14. The van der Waals surface area contributed by atoms with Crippen molar-refractivity contribution in [3.63, 3.8) is 0 Å². The Bertz CT molecular complexity index is 918. The molecule has 0 aliphatic heterocycles. The highest BCUT2D eigenvalue weighted by Gasteiger charge is 2.23. The lowest BCUT2D eigenvalue weighted by atomic mass is 10.1. The molecule has 1 aliphatic carbocycles. The number of rotatable bonds is 5. The molecule has 0 bridgehead atoms. The Hall–Kier alpha value is -3.15. The van der Waals surface area contributed by atoms with Crippen molar-refractivity contribution in [3.05, 3.63) is 76.9 Å². The second-order valence-electron chi connectivity index (χ2n) is 6.31. The van der Waals surface area contributed by atoms with E-state index in [1.54, 1.807) is 31.2 Å². The fourth-order valence-corrected chi connectivity index (χ4v) is 3.20. The molecule has 0 fully saturated rings. The predicted octanol–water partition coefficient (Wildman–Crippen LogP) is 3.37. The van der Waals surface area contributed by atoms with Crippen molar-refractivity contribution in [1.29, 1.82) is 0 Å². The number of aromatic nitrogens is 2. The Kier molecular flexibility index (Phi) is 4.39. The predicted molar refractivity (Wildman–Crippen MR) is 94.8 cm³/mol. The molecule has 1 aromatic heterocycles. The molecular weight excluding hydrogens is 330 g/mol. The highest BCUT2D eigenvalue weighted by molar-refractivity contribution is 5.94. The average molecular weight is 349 g/mol. The van der Waals surface area contributed by atoms with E-state index in [2.05, 4.69) is 27.6 Å². The monoisotopic (exact) mass is 349 g/mol. The van der Waals surface area contributed by atoms with Gasteiger partial charge in [-0.1, -0.05) is 29.4 Å². The van der Waals surface area contributed by atoms with Crippen LogP contribution < -0.4 is 10.1 Å². The minimum Gasteiger partial charge on any atom is -0.485 e. The van der Waals surface area contributed by atoms with Crippen LogP contribution in [0.3, 0.4) is 0 Å². The SMILES string of the molecule is Cc1nc(COc2ccc(C(=O)N[C@@H]3CCc4ccccc43)cc2)no1. The minimum absolute atomic E-state index is 0.0768. The zero-order valence-electron chi connectivity index (χ0n) is 14.4. The fourth-order valence-electron chi connectivity index (χ4n) is 3.20. The summed E-state index contributed by atoms with van der Waals surface area (Å²) in [6, 6.07) is 15.4. The maximum atomic E-state index is 12.5. The molecule has 1 amide bonds. The van der Waals surface area contributed by atoms with Gasteiger partial charge in [0, 0.05) is 12.5 Å². The summed E-state index contributed by atoms with van der Waals surface area (Å²) in [5.74, 6) is 1.57. The standard InChI is InChI=1S/C20H19N3O3/c1-13-21-19(23-26-13)12-25-16-9-6-15(7-10-16)20(24)22-18-11-8-14-4-2-3-5-17(14)18/h2-7,9-10,18H,8,11-12H2,1H3,(H,22,24)/t18-/m1/s1. The Morgan fingerprint density at radius 2 is 2.04 bits per heavy atom. The third kappa shape index (κ3) is 3.44. The van der Waals surface area contributed by atoms with Gasteiger partial charge >= 0.3 is 0 Å². The molecule has 0 saturated heterocycles. The molecule has 6 nitrogen and oxygen atoms in total. The van der Waals surface area contributed by atoms with Crippen LogP contribution in [0.2, 0.25) is 0 Å². The topological polar surface area (TPSA) is 77.2 Å². The lowest BCUT2D eigenvalue weighted by molar-refractivity contribution is 0.0936. The van der Waals surface area contributed by atoms with Gasteiger partial charge in [0.15, 0.2) is 6.61 Å². The van der Waals surface area contributed by atoms with Crippen molar-refractivity contribution in [3.8, 4) is 5.75 Å². The van der Waals surface area contributed by atoms with Crippen molar-refractivity contribution >= 4 is 5.91 Å². The number of amides is 1. The smallest absolute Gasteiger partial charge is 0.251 e. The Labute approximate surface area is 151 Å². The maximum absolute atomic E-state index is 12.5. The number of nitrogens with zero attached hydrogens (tertiary/aromatic N) is 2. The summed E-state index contributed by atoms with van der Waals surface area (Å²) in [4.78, 5) is 16.6. The van der Waals surface area contributed by atoms with E-state index in [4.69, 9.17) is 9.26 Å². The summed E-state index contributed by atoms with van der Waals surface area (Å²) >= 11 is 0. The van der Waals surface area contributed by atoms with Gasteiger partial charge < -0.3 is 14.6 Å². The van der Waals surface area contributed by atoms with Crippen LogP contribution >= 0.6 is 0 Å². The number of hydrogen-bond acceptors (Lipinski definition) is 5. The van der Waals surface area contributed by atoms with Crippen LogP contribution in [0.4, 0.5) is 0 Å². The molecule has 0 unspecified atom stereocenters. The van der Waals surface area contributed by atoms with Crippen molar-refractivity contribution in [2.45, 2.75) is 32.4 Å². The van der Waals surface area contributed by atoms with E-state index in [-0.39, 0.29) is 18.6 Å². The summed E-state index contributed by atoms with van der Waals surface area (Å²) in [5.41, 5.74) is 3.14. The van der Waals surface area contributed by atoms with Gasteiger partial charge in [-0.25, -0.2) is 0 Å². The highest BCUT2D eigenvalue weighted by atomic mass is 16.5. The third-order valence-corrected chi connectivity index (χ3v) is 4.49. The van der Waals surface area contributed by atoms with E-state index < -0.39 is 0 Å². The van der Waals surface area contributed by atoms with Crippen LogP contribution in [-0.2, 0) is 13.0 Å². The minimum atomic E-state index is -0.0768. The number of ether oxygens (including phenoxy) is 1. The van der Waals surface area contributed by atoms with E-state index in [1.165, 1.54) is 11.1 Å². The van der Waals surface area contributed by atoms with Gasteiger partial charge in [-0.05, 0) is 48.2 Å². The normalized spacial score (nSPS) is 15.5. The van der Waals surface area contributed by atoms with Gasteiger partial charge in [0.05, 0.1) is 6.04 Å². The summed E-state index contributed by atoms with van der Waals surface area (Å²) in [7, 11) is 0. The van der Waals surface area contributed by atoms with E-state index in [0.29, 0.717) is 23.0 Å². The fraction of sp³-hybridized carbons (Fsp3) is 0.250. The van der Waals surface area contributed by atoms with Gasteiger partial charge in [-0.15, -0.1) is 0 Å². The van der Waals surface area contributed by atoms with E-state index in [0.717, 1.165) is 12.8 Å². The number of aryl methyl sites for hydroxylation is 2. The number of nitrogens with one attached hydrogen (secondary N) is 1. The first-order valence-electron chi connectivity index (χ1n) is 8.60. The second kappa shape index (κ2) is 7.00. The van der Waals surface area contributed by atoms with Crippen molar-refractivity contribution < 1.29 is 14.1 Å². The molecule has 26 heavy (non-hydrogen) atoms. The van der Waals surface area contributed by atoms with Gasteiger partial charge in [0.25, 0.3) is 5.91 Å². The molecule has 132 valence electrons.